The Labute approximate surface area is 118 Å². The van der Waals surface area contributed by atoms with Crippen molar-refractivity contribution in [1.29, 1.82) is 0 Å². The minimum absolute atomic E-state index is 0.734. The molecule has 0 atom stereocenters. The van der Waals surface area contributed by atoms with Crippen LogP contribution in [0.2, 0.25) is 0 Å². The van der Waals surface area contributed by atoms with Gasteiger partial charge in [0.2, 0.25) is 5.78 Å². The second kappa shape index (κ2) is 4.96. The van der Waals surface area contributed by atoms with Crippen LogP contribution in [0, 0.1) is 13.8 Å². The van der Waals surface area contributed by atoms with Crippen molar-refractivity contribution in [2.45, 2.75) is 27.2 Å². The zero-order valence-electron chi connectivity index (χ0n) is 12.0. The second-order valence-electron chi connectivity index (χ2n) is 4.94. The summed E-state index contributed by atoms with van der Waals surface area (Å²) in [6.45, 7) is 6.34. The average Bonchev–Trinajstić information content (AvgIpc) is 2.81. The lowest BCUT2D eigenvalue weighted by atomic mass is 10.1. The first-order valence-corrected chi connectivity index (χ1v) is 6.86. The van der Waals surface area contributed by atoms with Crippen LogP contribution in [0.1, 0.15) is 23.7 Å². The van der Waals surface area contributed by atoms with Gasteiger partial charge in [-0.25, -0.2) is 9.97 Å². The highest BCUT2D eigenvalue weighted by atomic mass is 15.2. The van der Waals surface area contributed by atoms with Gasteiger partial charge in [0.1, 0.15) is 5.82 Å². The Morgan fingerprint density at radius 1 is 1.15 bits per heavy atom. The largest absolute Gasteiger partial charge is 0.339 e. The summed E-state index contributed by atoms with van der Waals surface area (Å²) in [5.41, 5.74) is 4.64. The Bertz CT molecular complexity index is 738. The lowest BCUT2D eigenvalue weighted by Crippen LogP contribution is -2.01. The van der Waals surface area contributed by atoms with Crippen molar-refractivity contribution in [1.82, 2.24) is 14.4 Å². The molecule has 4 heteroatoms. The Balaban J connectivity index is 2.15. The van der Waals surface area contributed by atoms with Crippen LogP contribution in [0.15, 0.2) is 36.7 Å². The fraction of sp³-hybridized carbons (Fsp3) is 0.250. The van der Waals surface area contributed by atoms with Crippen molar-refractivity contribution in [3.63, 3.8) is 0 Å². The first-order chi connectivity index (χ1) is 9.70. The number of aromatic nitrogens is 3. The molecule has 2 heterocycles. The number of hydrogen-bond donors (Lipinski definition) is 1. The molecular weight excluding hydrogens is 248 g/mol. The van der Waals surface area contributed by atoms with Crippen LogP contribution >= 0.6 is 0 Å². The third-order valence-corrected chi connectivity index (χ3v) is 3.54. The molecule has 0 spiro atoms. The summed E-state index contributed by atoms with van der Waals surface area (Å²) >= 11 is 0. The van der Waals surface area contributed by atoms with Crippen molar-refractivity contribution >= 4 is 17.3 Å². The third kappa shape index (κ3) is 2.03. The SMILES string of the molecule is CCc1nc2ncccn2c1Nc1c(C)cccc1C. The fourth-order valence-electron chi connectivity index (χ4n) is 2.44. The number of hydrogen-bond acceptors (Lipinski definition) is 3. The molecule has 0 aliphatic carbocycles. The number of benzene rings is 1. The smallest absolute Gasteiger partial charge is 0.235 e. The van der Waals surface area contributed by atoms with Crippen LogP contribution in [0.5, 0.6) is 0 Å². The summed E-state index contributed by atoms with van der Waals surface area (Å²) in [4.78, 5) is 8.88. The van der Waals surface area contributed by atoms with Crippen LogP contribution < -0.4 is 5.32 Å². The Hall–Kier alpha value is -2.36. The topological polar surface area (TPSA) is 42.2 Å². The minimum atomic E-state index is 0.734. The number of nitrogens with zero attached hydrogens (tertiary/aromatic N) is 3. The molecule has 0 saturated heterocycles. The molecule has 1 aromatic carbocycles. The lowest BCUT2D eigenvalue weighted by molar-refractivity contribution is 1.07. The van der Waals surface area contributed by atoms with Gasteiger partial charge in [0.15, 0.2) is 0 Å². The van der Waals surface area contributed by atoms with Crippen LogP contribution in [-0.4, -0.2) is 14.4 Å². The van der Waals surface area contributed by atoms with Crippen LogP contribution in [-0.2, 0) is 6.42 Å². The maximum Gasteiger partial charge on any atom is 0.235 e. The zero-order valence-corrected chi connectivity index (χ0v) is 12.0. The molecule has 20 heavy (non-hydrogen) atoms. The Morgan fingerprint density at radius 3 is 2.60 bits per heavy atom. The highest BCUT2D eigenvalue weighted by Crippen LogP contribution is 2.27. The predicted molar refractivity (Wildman–Crippen MR) is 81.6 cm³/mol. The second-order valence-corrected chi connectivity index (χ2v) is 4.94. The molecule has 3 rings (SSSR count). The zero-order chi connectivity index (χ0) is 14.1. The number of fused-ring (bicyclic) bond motifs is 1. The molecule has 1 N–H and O–H groups in total. The van der Waals surface area contributed by atoms with Gasteiger partial charge in [-0.15, -0.1) is 0 Å². The van der Waals surface area contributed by atoms with Crippen molar-refractivity contribution in [3.8, 4) is 0 Å². The van der Waals surface area contributed by atoms with Crippen molar-refractivity contribution in [2.75, 3.05) is 5.32 Å². The first kappa shape index (κ1) is 12.7. The Morgan fingerprint density at radius 2 is 1.90 bits per heavy atom. The first-order valence-electron chi connectivity index (χ1n) is 6.86. The summed E-state index contributed by atoms with van der Waals surface area (Å²) in [5, 5.41) is 3.54. The molecule has 0 bridgehead atoms. The van der Waals surface area contributed by atoms with Gasteiger partial charge in [-0.05, 0) is 37.5 Å². The summed E-state index contributed by atoms with van der Waals surface area (Å²) in [6.07, 6.45) is 4.63. The molecule has 2 aromatic heterocycles. The van der Waals surface area contributed by atoms with E-state index in [1.165, 1.54) is 11.1 Å². The van der Waals surface area contributed by atoms with E-state index in [1.807, 2.05) is 16.7 Å². The molecule has 0 saturated carbocycles. The van der Waals surface area contributed by atoms with E-state index in [2.05, 4.69) is 54.3 Å². The van der Waals surface area contributed by atoms with Gasteiger partial charge in [-0.1, -0.05) is 25.1 Å². The van der Waals surface area contributed by atoms with E-state index in [-0.39, 0.29) is 0 Å². The van der Waals surface area contributed by atoms with Gasteiger partial charge in [0, 0.05) is 18.1 Å². The highest BCUT2D eigenvalue weighted by Gasteiger charge is 2.13. The molecule has 0 amide bonds. The lowest BCUT2D eigenvalue weighted by Gasteiger charge is -2.13. The number of anilines is 2. The maximum atomic E-state index is 4.58. The van der Waals surface area contributed by atoms with Crippen molar-refractivity contribution < 1.29 is 0 Å². The van der Waals surface area contributed by atoms with Crippen LogP contribution in [0.3, 0.4) is 0 Å². The predicted octanol–water partition coefficient (Wildman–Crippen LogP) is 3.65. The van der Waals surface area contributed by atoms with Crippen LogP contribution in [0.25, 0.3) is 5.78 Å². The van der Waals surface area contributed by atoms with Gasteiger partial charge >= 0.3 is 0 Å². The van der Waals surface area contributed by atoms with E-state index < -0.39 is 0 Å². The number of imidazole rings is 1. The monoisotopic (exact) mass is 266 g/mol. The molecular formula is C16H18N4. The highest BCUT2D eigenvalue weighted by molar-refractivity contribution is 5.68. The van der Waals surface area contributed by atoms with Gasteiger partial charge < -0.3 is 5.32 Å². The molecule has 0 fully saturated rings. The molecule has 4 nitrogen and oxygen atoms in total. The summed E-state index contributed by atoms with van der Waals surface area (Å²) in [6, 6.07) is 8.22. The number of rotatable bonds is 3. The fourth-order valence-corrected chi connectivity index (χ4v) is 2.44. The summed E-state index contributed by atoms with van der Waals surface area (Å²) < 4.78 is 2.00. The summed E-state index contributed by atoms with van der Waals surface area (Å²) in [5.74, 6) is 1.74. The third-order valence-electron chi connectivity index (χ3n) is 3.54. The van der Waals surface area contributed by atoms with Gasteiger partial charge in [-0.2, -0.15) is 0 Å². The maximum absolute atomic E-state index is 4.58. The average molecular weight is 266 g/mol. The van der Waals surface area contributed by atoms with Crippen LogP contribution in [0.4, 0.5) is 11.5 Å². The van der Waals surface area contributed by atoms with Gasteiger partial charge in [0.05, 0.1) is 5.69 Å². The number of nitrogens with one attached hydrogen (secondary N) is 1. The Kier molecular flexibility index (Phi) is 3.14. The normalized spacial score (nSPS) is 10.9. The molecule has 0 aliphatic rings. The molecule has 3 aromatic rings. The quantitative estimate of drug-likeness (QED) is 0.786. The number of aryl methyl sites for hydroxylation is 3. The standard InChI is InChI=1S/C16H18N4/c1-4-13-15(20-10-6-9-17-16(20)18-13)19-14-11(2)7-5-8-12(14)3/h5-10,19H,4H2,1-3H3. The van der Waals surface area contributed by atoms with E-state index in [0.29, 0.717) is 0 Å². The van der Waals surface area contributed by atoms with Gasteiger partial charge in [0.25, 0.3) is 0 Å². The van der Waals surface area contributed by atoms with E-state index in [9.17, 15) is 0 Å². The minimum Gasteiger partial charge on any atom is -0.339 e. The molecule has 102 valence electrons. The van der Waals surface area contributed by atoms with Crippen molar-refractivity contribution in [2.24, 2.45) is 0 Å². The van der Waals surface area contributed by atoms with E-state index in [1.54, 1.807) is 6.20 Å². The van der Waals surface area contributed by atoms with E-state index >= 15 is 0 Å². The molecule has 0 aliphatic heterocycles. The van der Waals surface area contributed by atoms with Gasteiger partial charge in [-0.3, -0.25) is 4.40 Å². The molecule has 0 radical (unpaired) electrons. The molecule has 0 unspecified atom stereocenters. The van der Waals surface area contributed by atoms with E-state index in [4.69, 9.17) is 0 Å². The summed E-state index contributed by atoms with van der Waals surface area (Å²) in [7, 11) is 0. The van der Waals surface area contributed by atoms with Crippen molar-refractivity contribution in [3.05, 3.63) is 53.5 Å². The number of para-hydroxylation sites is 1. The van der Waals surface area contributed by atoms with E-state index in [0.717, 1.165) is 29.4 Å².